The third kappa shape index (κ3) is 3.94. The zero-order valence-corrected chi connectivity index (χ0v) is 18.6. The highest BCUT2D eigenvalue weighted by atomic mass is 32.2. The molecule has 168 valence electrons. The lowest BCUT2D eigenvalue weighted by molar-refractivity contribution is -0.144. The Kier molecular flexibility index (Phi) is 5.53. The Morgan fingerprint density at radius 1 is 1.00 bits per heavy atom. The van der Waals surface area contributed by atoms with Gasteiger partial charge in [-0.2, -0.15) is 0 Å². The molecule has 2 aliphatic rings. The first kappa shape index (κ1) is 21.2. The van der Waals surface area contributed by atoms with Gasteiger partial charge >= 0.3 is 5.97 Å². The maximum Gasteiger partial charge on any atom is 0.325 e. The Morgan fingerprint density at radius 3 is 2.34 bits per heavy atom. The molecule has 3 aromatic rings. The summed E-state index contributed by atoms with van der Waals surface area (Å²) in [5.74, 6) is -0.398. The predicted octanol–water partition coefficient (Wildman–Crippen LogP) is 2.77. The smallest absolute Gasteiger partial charge is 0.325 e. The van der Waals surface area contributed by atoms with E-state index in [9.17, 15) is 18.3 Å². The number of para-hydroxylation sites is 1. The van der Waals surface area contributed by atoms with E-state index in [2.05, 4.69) is 9.88 Å². The first-order valence-corrected chi connectivity index (χ1v) is 12.8. The second-order valence-corrected chi connectivity index (χ2v) is 10.9. The van der Waals surface area contributed by atoms with Crippen molar-refractivity contribution in [3.05, 3.63) is 60.2 Å². The number of rotatable bonds is 5. The normalized spacial score (nSPS) is 22.8. The van der Waals surface area contributed by atoms with Crippen molar-refractivity contribution in [2.75, 3.05) is 37.7 Å². The highest BCUT2D eigenvalue weighted by molar-refractivity contribution is 7.91. The lowest BCUT2D eigenvalue weighted by Crippen LogP contribution is -2.52. The number of fused-ring (bicyclic) bond motifs is 1. The first-order valence-electron chi connectivity index (χ1n) is 11.0. The standard InChI is InChI=1S/C24H27N3O4S/c28-24(29)23(27-13-11-26(12-14-27)18-10-15-32(30,31)16-18)21-19-8-4-5-9-20(19)25-22(21)17-6-2-1-3-7-17/h1-9,18,23,25H,10-16H2,(H,28,29)/t18-,23-/m0/s1. The molecule has 2 fully saturated rings. The molecule has 7 nitrogen and oxygen atoms in total. The van der Waals surface area contributed by atoms with Crippen molar-refractivity contribution in [3.63, 3.8) is 0 Å². The summed E-state index contributed by atoms with van der Waals surface area (Å²) in [4.78, 5) is 20.3. The molecule has 0 spiro atoms. The van der Waals surface area contributed by atoms with E-state index < -0.39 is 21.8 Å². The fourth-order valence-corrected chi connectivity index (χ4v) is 6.93. The molecule has 8 heteroatoms. The van der Waals surface area contributed by atoms with Crippen LogP contribution in [0.4, 0.5) is 0 Å². The van der Waals surface area contributed by atoms with Crippen molar-refractivity contribution >= 4 is 26.7 Å². The van der Waals surface area contributed by atoms with Gasteiger partial charge in [0.2, 0.25) is 0 Å². The number of carbonyl (C=O) groups is 1. The van der Waals surface area contributed by atoms with Gasteiger partial charge in [-0.25, -0.2) is 8.42 Å². The van der Waals surface area contributed by atoms with Gasteiger partial charge in [0.25, 0.3) is 0 Å². The Balaban J connectivity index is 1.47. The monoisotopic (exact) mass is 453 g/mol. The molecule has 3 heterocycles. The summed E-state index contributed by atoms with van der Waals surface area (Å²) in [6.07, 6.45) is 0.672. The third-order valence-corrected chi connectivity index (χ3v) is 8.51. The zero-order valence-electron chi connectivity index (χ0n) is 17.8. The number of carboxylic acids is 1. The van der Waals surface area contributed by atoms with Gasteiger partial charge in [-0.05, 0) is 18.1 Å². The maximum atomic E-state index is 12.6. The highest BCUT2D eigenvalue weighted by Crippen LogP contribution is 2.38. The van der Waals surface area contributed by atoms with Crippen LogP contribution in [0.1, 0.15) is 18.0 Å². The van der Waals surface area contributed by atoms with Gasteiger partial charge in [0, 0.05) is 48.7 Å². The van der Waals surface area contributed by atoms with Gasteiger partial charge in [-0.1, -0.05) is 48.5 Å². The average Bonchev–Trinajstić information content (AvgIpc) is 3.35. The number of carboxylic acid groups (broad SMARTS) is 1. The van der Waals surface area contributed by atoms with E-state index in [1.54, 1.807) is 0 Å². The Morgan fingerprint density at radius 2 is 1.69 bits per heavy atom. The Hall–Kier alpha value is -2.68. The van der Waals surface area contributed by atoms with E-state index in [0.717, 1.165) is 27.7 Å². The molecular formula is C24H27N3O4S. The zero-order chi connectivity index (χ0) is 22.3. The minimum atomic E-state index is -2.94. The summed E-state index contributed by atoms with van der Waals surface area (Å²) in [6, 6.07) is 16.9. The van der Waals surface area contributed by atoms with E-state index >= 15 is 0 Å². The molecule has 1 aromatic heterocycles. The van der Waals surface area contributed by atoms with Crippen molar-refractivity contribution < 1.29 is 18.3 Å². The molecule has 0 radical (unpaired) electrons. The van der Waals surface area contributed by atoms with E-state index in [-0.39, 0.29) is 17.5 Å². The molecule has 2 aromatic carbocycles. The van der Waals surface area contributed by atoms with Gasteiger partial charge in [0.1, 0.15) is 6.04 Å². The van der Waals surface area contributed by atoms with Gasteiger partial charge in [-0.3, -0.25) is 14.6 Å². The van der Waals surface area contributed by atoms with Gasteiger partial charge in [0.15, 0.2) is 9.84 Å². The lowest BCUT2D eigenvalue weighted by Gasteiger charge is -2.40. The van der Waals surface area contributed by atoms with Crippen LogP contribution in [0, 0.1) is 0 Å². The van der Waals surface area contributed by atoms with Crippen LogP contribution in [0.5, 0.6) is 0 Å². The number of sulfone groups is 1. The number of nitrogens with one attached hydrogen (secondary N) is 1. The van der Waals surface area contributed by atoms with Crippen LogP contribution in [0.15, 0.2) is 54.6 Å². The highest BCUT2D eigenvalue weighted by Gasteiger charge is 2.38. The minimum Gasteiger partial charge on any atom is -0.480 e. The Bertz CT molecular complexity index is 1230. The van der Waals surface area contributed by atoms with Crippen molar-refractivity contribution in [2.24, 2.45) is 0 Å². The number of aliphatic carboxylic acids is 1. The first-order chi connectivity index (χ1) is 15.4. The summed E-state index contributed by atoms with van der Waals surface area (Å²) in [6.45, 7) is 2.52. The molecule has 2 saturated heterocycles. The summed E-state index contributed by atoms with van der Waals surface area (Å²) in [7, 11) is -2.94. The van der Waals surface area contributed by atoms with Crippen LogP contribution in [0.3, 0.4) is 0 Å². The van der Waals surface area contributed by atoms with E-state index in [0.29, 0.717) is 32.6 Å². The lowest BCUT2D eigenvalue weighted by atomic mass is 9.97. The fraction of sp³-hybridized carbons (Fsp3) is 0.375. The van der Waals surface area contributed by atoms with Gasteiger partial charge in [0.05, 0.1) is 17.2 Å². The maximum absolute atomic E-state index is 12.6. The van der Waals surface area contributed by atoms with Gasteiger partial charge < -0.3 is 10.1 Å². The van der Waals surface area contributed by atoms with Crippen molar-refractivity contribution in [1.29, 1.82) is 0 Å². The average molecular weight is 454 g/mol. The molecule has 0 aliphatic carbocycles. The predicted molar refractivity (Wildman–Crippen MR) is 124 cm³/mol. The number of H-pyrrole nitrogens is 1. The van der Waals surface area contributed by atoms with E-state index in [4.69, 9.17) is 0 Å². The molecule has 2 aliphatic heterocycles. The topological polar surface area (TPSA) is 93.7 Å². The summed E-state index contributed by atoms with van der Waals surface area (Å²) in [5.41, 5.74) is 3.50. The second-order valence-electron chi connectivity index (χ2n) is 8.69. The number of aromatic nitrogens is 1. The van der Waals surface area contributed by atoms with E-state index in [1.165, 1.54) is 0 Å². The third-order valence-electron chi connectivity index (χ3n) is 6.75. The van der Waals surface area contributed by atoms with Crippen LogP contribution in [0.25, 0.3) is 22.2 Å². The second kappa shape index (κ2) is 8.35. The number of piperazine rings is 1. The van der Waals surface area contributed by atoms with Crippen LogP contribution in [-0.2, 0) is 14.6 Å². The number of nitrogens with zero attached hydrogens (tertiary/aromatic N) is 2. The molecule has 5 rings (SSSR count). The molecular weight excluding hydrogens is 426 g/mol. The number of hydrogen-bond acceptors (Lipinski definition) is 5. The quantitative estimate of drug-likeness (QED) is 0.617. The molecule has 32 heavy (non-hydrogen) atoms. The Labute approximate surface area is 187 Å². The SMILES string of the molecule is O=C(O)[C@H](c1c(-c2ccccc2)[nH]c2ccccc12)N1CCN([C@H]2CCS(=O)(=O)C2)CC1. The van der Waals surface area contributed by atoms with Gasteiger partial charge in [-0.15, -0.1) is 0 Å². The molecule has 0 bridgehead atoms. The fourth-order valence-electron chi connectivity index (χ4n) is 5.17. The molecule has 0 amide bonds. The van der Waals surface area contributed by atoms with Crippen LogP contribution < -0.4 is 0 Å². The molecule has 0 saturated carbocycles. The number of hydrogen-bond donors (Lipinski definition) is 2. The largest absolute Gasteiger partial charge is 0.480 e. The van der Waals surface area contributed by atoms with Crippen molar-refractivity contribution in [2.45, 2.75) is 18.5 Å². The number of aromatic amines is 1. The molecule has 0 unspecified atom stereocenters. The number of benzene rings is 2. The van der Waals surface area contributed by atoms with Crippen LogP contribution >= 0.6 is 0 Å². The summed E-state index contributed by atoms with van der Waals surface area (Å²) < 4.78 is 23.8. The summed E-state index contributed by atoms with van der Waals surface area (Å²) in [5, 5.41) is 11.2. The molecule has 2 N–H and O–H groups in total. The molecule has 2 atom stereocenters. The van der Waals surface area contributed by atoms with Crippen molar-refractivity contribution in [1.82, 2.24) is 14.8 Å². The van der Waals surface area contributed by atoms with Crippen LogP contribution in [0.2, 0.25) is 0 Å². The van der Waals surface area contributed by atoms with Crippen LogP contribution in [-0.4, -0.2) is 78.0 Å². The van der Waals surface area contributed by atoms with E-state index in [1.807, 2.05) is 59.5 Å². The van der Waals surface area contributed by atoms with Crippen molar-refractivity contribution in [3.8, 4) is 11.3 Å². The summed E-state index contributed by atoms with van der Waals surface area (Å²) >= 11 is 0. The minimum absolute atomic E-state index is 0.0541.